The van der Waals surface area contributed by atoms with Gasteiger partial charge in [-0.1, -0.05) is 13.8 Å². The molecule has 0 saturated heterocycles. The summed E-state index contributed by atoms with van der Waals surface area (Å²) in [7, 11) is 1.86. The zero-order valence-corrected chi connectivity index (χ0v) is 10.1. The van der Waals surface area contributed by atoms with E-state index < -0.39 is 0 Å². The normalized spacial score (nSPS) is 10.7. The highest BCUT2D eigenvalue weighted by atomic mass is 32.2. The Morgan fingerprint density at radius 3 is 2.73 bits per heavy atom. The van der Waals surface area contributed by atoms with Crippen molar-refractivity contribution in [1.82, 2.24) is 9.97 Å². The van der Waals surface area contributed by atoms with Gasteiger partial charge in [-0.3, -0.25) is 0 Å². The first-order chi connectivity index (χ1) is 7.20. The molecule has 0 unspecified atom stereocenters. The van der Waals surface area contributed by atoms with E-state index in [0.29, 0.717) is 11.7 Å². The van der Waals surface area contributed by atoms with Crippen LogP contribution in [0.2, 0.25) is 0 Å². The van der Waals surface area contributed by atoms with E-state index in [1.807, 2.05) is 7.05 Å². The van der Waals surface area contributed by atoms with Crippen molar-refractivity contribution in [1.29, 1.82) is 0 Å². The van der Waals surface area contributed by atoms with Crippen LogP contribution in [0.4, 0.5) is 5.82 Å². The Bertz CT molecular complexity index is 318. The SMILES string of the molecule is CNc1ncnc(SCCO)c1C(C)C. The molecule has 5 heteroatoms. The van der Waals surface area contributed by atoms with E-state index in [0.717, 1.165) is 16.4 Å². The summed E-state index contributed by atoms with van der Waals surface area (Å²) in [6.07, 6.45) is 1.55. The molecular formula is C10H17N3OS. The zero-order valence-electron chi connectivity index (χ0n) is 9.32. The van der Waals surface area contributed by atoms with Crippen molar-refractivity contribution in [2.24, 2.45) is 0 Å². The number of hydrogen-bond donors (Lipinski definition) is 2. The number of anilines is 1. The third kappa shape index (κ3) is 3.07. The molecular weight excluding hydrogens is 210 g/mol. The van der Waals surface area contributed by atoms with Crippen LogP contribution in [0, 0.1) is 0 Å². The van der Waals surface area contributed by atoms with Crippen molar-refractivity contribution in [3.8, 4) is 0 Å². The van der Waals surface area contributed by atoms with Crippen LogP contribution < -0.4 is 5.32 Å². The molecule has 2 N–H and O–H groups in total. The molecule has 1 heterocycles. The van der Waals surface area contributed by atoms with Gasteiger partial charge in [0.2, 0.25) is 0 Å². The minimum atomic E-state index is 0.168. The van der Waals surface area contributed by atoms with Gasteiger partial charge in [0.05, 0.1) is 6.61 Å². The maximum Gasteiger partial charge on any atom is 0.133 e. The highest BCUT2D eigenvalue weighted by Gasteiger charge is 2.13. The highest BCUT2D eigenvalue weighted by Crippen LogP contribution is 2.30. The number of aliphatic hydroxyl groups is 1. The zero-order chi connectivity index (χ0) is 11.3. The van der Waals surface area contributed by atoms with E-state index in [1.54, 1.807) is 18.1 Å². The van der Waals surface area contributed by atoms with Crippen molar-refractivity contribution in [3.63, 3.8) is 0 Å². The van der Waals surface area contributed by atoms with Crippen molar-refractivity contribution in [2.45, 2.75) is 24.8 Å². The molecule has 15 heavy (non-hydrogen) atoms. The molecule has 0 bridgehead atoms. The second-order valence-electron chi connectivity index (χ2n) is 3.42. The van der Waals surface area contributed by atoms with Crippen LogP contribution in [0.3, 0.4) is 0 Å². The van der Waals surface area contributed by atoms with Crippen LogP contribution in [0.25, 0.3) is 0 Å². The number of hydrogen-bond acceptors (Lipinski definition) is 5. The second-order valence-corrected chi connectivity index (χ2v) is 4.50. The smallest absolute Gasteiger partial charge is 0.133 e. The third-order valence-electron chi connectivity index (χ3n) is 1.99. The summed E-state index contributed by atoms with van der Waals surface area (Å²) in [5.41, 5.74) is 1.12. The van der Waals surface area contributed by atoms with Gasteiger partial charge in [-0.2, -0.15) is 0 Å². The number of thioether (sulfide) groups is 1. The Labute approximate surface area is 94.5 Å². The maximum atomic E-state index is 8.80. The van der Waals surface area contributed by atoms with E-state index in [-0.39, 0.29) is 6.61 Å². The van der Waals surface area contributed by atoms with Crippen molar-refractivity contribution in [3.05, 3.63) is 11.9 Å². The monoisotopic (exact) mass is 227 g/mol. The van der Waals surface area contributed by atoms with E-state index >= 15 is 0 Å². The number of nitrogens with zero attached hydrogens (tertiary/aromatic N) is 2. The van der Waals surface area contributed by atoms with Gasteiger partial charge in [0.1, 0.15) is 17.2 Å². The molecule has 1 aromatic heterocycles. The van der Waals surface area contributed by atoms with Gasteiger partial charge in [-0.25, -0.2) is 9.97 Å². The number of rotatable bonds is 5. The molecule has 0 radical (unpaired) electrons. The van der Waals surface area contributed by atoms with E-state index in [4.69, 9.17) is 5.11 Å². The van der Waals surface area contributed by atoms with Crippen molar-refractivity contribution < 1.29 is 5.11 Å². The molecule has 1 aromatic rings. The van der Waals surface area contributed by atoms with Gasteiger partial charge >= 0.3 is 0 Å². The molecule has 0 aliphatic heterocycles. The summed E-state index contributed by atoms with van der Waals surface area (Å²) < 4.78 is 0. The molecule has 0 amide bonds. The molecule has 0 saturated carbocycles. The van der Waals surface area contributed by atoms with E-state index in [2.05, 4.69) is 29.1 Å². The lowest BCUT2D eigenvalue weighted by Gasteiger charge is -2.14. The standard InChI is InChI=1S/C10H17N3OS/c1-7(2)8-9(11-3)12-6-13-10(8)15-5-4-14/h6-7,14H,4-5H2,1-3H3,(H,11,12,13). The maximum absolute atomic E-state index is 8.80. The fraction of sp³-hybridized carbons (Fsp3) is 0.600. The fourth-order valence-corrected chi connectivity index (χ4v) is 2.25. The summed E-state index contributed by atoms with van der Waals surface area (Å²) >= 11 is 1.56. The van der Waals surface area contributed by atoms with Gasteiger partial charge in [0.15, 0.2) is 0 Å². The third-order valence-corrected chi connectivity index (χ3v) is 2.98. The summed E-state index contributed by atoms with van der Waals surface area (Å²) in [5, 5.41) is 12.8. The quantitative estimate of drug-likeness (QED) is 0.592. The summed E-state index contributed by atoms with van der Waals surface area (Å²) in [6, 6.07) is 0. The van der Waals surface area contributed by atoms with E-state index in [1.165, 1.54) is 0 Å². The first-order valence-corrected chi connectivity index (χ1v) is 5.95. The molecule has 1 rings (SSSR count). The average Bonchev–Trinajstić information content (AvgIpc) is 2.25. The number of aromatic nitrogens is 2. The van der Waals surface area contributed by atoms with Crippen LogP contribution in [-0.4, -0.2) is 34.5 Å². The summed E-state index contributed by atoms with van der Waals surface area (Å²) in [4.78, 5) is 8.44. The van der Waals surface area contributed by atoms with Crippen LogP contribution in [0.5, 0.6) is 0 Å². The average molecular weight is 227 g/mol. The Balaban J connectivity index is 3.02. The van der Waals surface area contributed by atoms with Crippen LogP contribution in [0.15, 0.2) is 11.4 Å². The summed E-state index contributed by atoms with van der Waals surface area (Å²) in [5.74, 6) is 1.91. The van der Waals surface area contributed by atoms with Gasteiger partial charge < -0.3 is 10.4 Å². The molecule has 0 aliphatic rings. The largest absolute Gasteiger partial charge is 0.396 e. The molecule has 0 atom stereocenters. The minimum absolute atomic E-state index is 0.168. The van der Waals surface area contributed by atoms with Crippen LogP contribution in [-0.2, 0) is 0 Å². The second kappa shape index (κ2) is 5.92. The van der Waals surface area contributed by atoms with Crippen LogP contribution >= 0.6 is 11.8 Å². The van der Waals surface area contributed by atoms with E-state index in [9.17, 15) is 0 Å². The molecule has 0 fully saturated rings. The molecule has 84 valence electrons. The lowest BCUT2D eigenvalue weighted by molar-refractivity contribution is 0.322. The topological polar surface area (TPSA) is 58.0 Å². The number of nitrogens with one attached hydrogen (secondary N) is 1. The Kier molecular flexibility index (Phi) is 4.84. The van der Waals surface area contributed by atoms with Gasteiger partial charge in [-0.15, -0.1) is 11.8 Å². The molecule has 4 nitrogen and oxygen atoms in total. The summed E-state index contributed by atoms with van der Waals surface area (Å²) in [6.45, 7) is 4.40. The predicted molar refractivity (Wildman–Crippen MR) is 63.5 cm³/mol. The Morgan fingerprint density at radius 2 is 2.20 bits per heavy atom. The lowest BCUT2D eigenvalue weighted by atomic mass is 10.1. The predicted octanol–water partition coefficient (Wildman–Crippen LogP) is 1.73. The van der Waals surface area contributed by atoms with Gasteiger partial charge in [-0.05, 0) is 5.92 Å². The van der Waals surface area contributed by atoms with Crippen molar-refractivity contribution >= 4 is 17.6 Å². The first kappa shape index (κ1) is 12.3. The van der Waals surface area contributed by atoms with Crippen LogP contribution in [0.1, 0.15) is 25.3 Å². The Hall–Kier alpha value is -0.810. The Morgan fingerprint density at radius 1 is 1.47 bits per heavy atom. The number of aliphatic hydroxyl groups excluding tert-OH is 1. The molecule has 0 aromatic carbocycles. The molecule has 0 aliphatic carbocycles. The minimum Gasteiger partial charge on any atom is -0.396 e. The highest BCUT2D eigenvalue weighted by molar-refractivity contribution is 7.99. The van der Waals surface area contributed by atoms with Crippen molar-refractivity contribution in [2.75, 3.05) is 24.7 Å². The molecule has 0 spiro atoms. The van der Waals surface area contributed by atoms with Gasteiger partial charge in [0.25, 0.3) is 0 Å². The van der Waals surface area contributed by atoms with Gasteiger partial charge in [0, 0.05) is 18.4 Å². The first-order valence-electron chi connectivity index (χ1n) is 4.97. The fourth-order valence-electron chi connectivity index (χ4n) is 1.36. The lowest BCUT2D eigenvalue weighted by Crippen LogP contribution is -2.04.